The Morgan fingerprint density at radius 1 is 0.916 bits per heavy atom. The van der Waals surface area contributed by atoms with Gasteiger partial charge in [0.15, 0.2) is 15.5 Å². The minimum absolute atomic E-state index is 0.0258. The van der Waals surface area contributed by atoms with Crippen LogP contribution in [0.2, 0.25) is 5.02 Å². The van der Waals surface area contributed by atoms with E-state index in [1.165, 1.54) is 45.9 Å². The lowest BCUT2D eigenvalue weighted by molar-refractivity contribution is -0.143. The van der Waals surface area contributed by atoms with E-state index in [1.54, 1.807) is 40.7 Å². The third-order valence-electron chi connectivity index (χ3n) is 15.6. The Labute approximate surface area is 547 Å². The molecule has 4 atom stereocenters. The summed E-state index contributed by atoms with van der Waals surface area (Å²) in [6.07, 6.45) is -13.3. The highest BCUT2D eigenvalue weighted by atomic mass is 35.5. The molecule has 8 rings (SSSR count). The van der Waals surface area contributed by atoms with Gasteiger partial charge < -0.3 is 18.9 Å². The van der Waals surface area contributed by atoms with Gasteiger partial charge >= 0.3 is 27.8 Å². The molecule has 6 aromatic rings. The smallest absolute Gasteiger partial charge is 0.404 e. The largest absolute Gasteiger partial charge is 0.530 e. The molecule has 1 unspecified atom stereocenters. The van der Waals surface area contributed by atoms with E-state index in [0.29, 0.717) is 20.6 Å². The van der Waals surface area contributed by atoms with Crippen molar-refractivity contribution in [3.63, 3.8) is 0 Å². The standard InChI is InChI=1S/C60H66ClF10N7O13P2S2/c1-31(2)89-93(82,90-32(3)4)91-46-20-33(5)19-35(29-92(81,87-10)88-11)51(46)56(6,7)26-48(80)78(94(83)84)27-45-50-43(61)16-15-40(53(50)77(74-45)30-58(64,65)66)39-14-13-38(17-18-57(8,9)95(12,85)86)72-52(39)44(23-34-21-36(62)24-37(63)22-34)73-47(79)28-76-55-49(54(75-76)60(69,70)71)41-25-42(41)59(55,67)68/h13-16,19-22,24,31-32,41-42,44H,23,25-30H2,1-12H3,(H,73,79)(H,83,84)/t41-,42+,44-/m0/s1. The van der Waals surface area contributed by atoms with Crippen LogP contribution < -0.4 is 9.84 Å². The monoisotopic (exact) mass is 1440 g/mol. The lowest BCUT2D eigenvalue weighted by atomic mass is 9.78. The average molecular weight is 1440 g/mol. The number of nitrogens with zero attached hydrogens (tertiary/aromatic N) is 6. The number of hydrogen-bond acceptors (Lipinski definition) is 15. The second-order valence-electron chi connectivity index (χ2n) is 24.6. The van der Waals surface area contributed by atoms with Crippen LogP contribution in [0.25, 0.3) is 22.0 Å². The Hall–Kier alpha value is -6.26. The number of rotatable bonds is 25. The number of carbonyl (C=O) groups is 2. The van der Waals surface area contributed by atoms with Crippen LogP contribution in [0.15, 0.2) is 54.6 Å². The zero-order valence-corrected chi connectivity index (χ0v) is 57.1. The third kappa shape index (κ3) is 16.7. The van der Waals surface area contributed by atoms with Gasteiger partial charge in [-0.25, -0.2) is 35.3 Å². The number of fused-ring (bicyclic) bond motifs is 4. The van der Waals surface area contributed by atoms with Gasteiger partial charge in [-0.05, 0) is 126 Å². The molecule has 35 heteroatoms. The van der Waals surface area contributed by atoms with Crippen molar-refractivity contribution >= 4 is 70.8 Å². The van der Waals surface area contributed by atoms with Gasteiger partial charge in [0.25, 0.3) is 17.2 Å². The molecule has 3 aromatic carbocycles. The van der Waals surface area contributed by atoms with E-state index < -0.39 is 196 Å². The molecule has 3 aromatic heterocycles. The number of amides is 2. The zero-order valence-electron chi connectivity index (χ0n) is 52.9. The number of hydrogen-bond donors (Lipinski definition) is 2. The van der Waals surface area contributed by atoms with Crippen molar-refractivity contribution in [2.75, 3.05) is 20.5 Å². The van der Waals surface area contributed by atoms with Crippen LogP contribution in [0, 0.1) is 36.3 Å². The number of alkyl halides is 8. The van der Waals surface area contributed by atoms with Crippen LogP contribution in [0.4, 0.5) is 43.9 Å². The van der Waals surface area contributed by atoms with E-state index in [1.807, 2.05) is 0 Å². The number of aromatic nitrogens is 5. The van der Waals surface area contributed by atoms with E-state index in [-0.39, 0.29) is 55.4 Å². The first kappa shape index (κ1) is 74.5. The van der Waals surface area contributed by atoms with E-state index in [9.17, 15) is 49.1 Å². The molecule has 3 heterocycles. The highest BCUT2D eigenvalue weighted by molar-refractivity contribution is 7.92. The van der Waals surface area contributed by atoms with Gasteiger partial charge in [-0.3, -0.25) is 37.1 Å². The molecule has 2 aliphatic carbocycles. The Bertz CT molecular complexity index is 4280. The van der Waals surface area contributed by atoms with Crippen molar-refractivity contribution in [2.24, 2.45) is 5.92 Å². The fourth-order valence-electron chi connectivity index (χ4n) is 11.3. The van der Waals surface area contributed by atoms with Crippen molar-refractivity contribution < 1.29 is 102 Å². The molecule has 0 saturated heterocycles. The number of pyridine rings is 1. The van der Waals surface area contributed by atoms with E-state index >= 15 is 30.7 Å². The molecule has 518 valence electrons. The minimum Gasteiger partial charge on any atom is -0.404 e. The lowest BCUT2D eigenvalue weighted by Gasteiger charge is -2.33. The fraction of sp³-hybridized carbons (Fsp3) is 0.483. The molecule has 20 nitrogen and oxygen atoms in total. The maximum absolute atomic E-state index is 15.8. The summed E-state index contributed by atoms with van der Waals surface area (Å²) in [5.41, 5.74) is -7.38. The number of aryl methyl sites for hydroxylation is 1. The summed E-state index contributed by atoms with van der Waals surface area (Å²) in [6, 6.07) is 7.88. The second-order valence-corrected chi connectivity index (χ2v) is 32.3. The molecule has 1 fully saturated rings. The van der Waals surface area contributed by atoms with Crippen LogP contribution in [-0.2, 0) is 108 Å². The molecule has 0 bridgehead atoms. The van der Waals surface area contributed by atoms with Crippen LogP contribution in [0.3, 0.4) is 0 Å². The molecule has 0 radical (unpaired) electrons. The van der Waals surface area contributed by atoms with Gasteiger partial charge in [-0.1, -0.05) is 43.5 Å². The van der Waals surface area contributed by atoms with E-state index in [2.05, 4.69) is 32.3 Å². The molecule has 2 aliphatic rings. The van der Waals surface area contributed by atoms with Crippen molar-refractivity contribution in [1.82, 2.24) is 34.2 Å². The zero-order chi connectivity index (χ0) is 70.8. The van der Waals surface area contributed by atoms with E-state index in [4.69, 9.17) is 34.2 Å². The molecule has 1 saturated carbocycles. The molecule has 0 spiro atoms. The second kappa shape index (κ2) is 27.2. The van der Waals surface area contributed by atoms with Gasteiger partial charge in [0.2, 0.25) is 11.8 Å². The first-order valence-electron chi connectivity index (χ1n) is 28.9. The first-order chi connectivity index (χ1) is 43.7. The summed E-state index contributed by atoms with van der Waals surface area (Å²) in [6.45, 7) is 8.85. The molecular formula is C60H66ClF10N7O13P2S2. The summed E-state index contributed by atoms with van der Waals surface area (Å²) < 4.78 is 256. The van der Waals surface area contributed by atoms with Crippen molar-refractivity contribution in [2.45, 2.75) is 160 Å². The number of benzene rings is 3. The molecule has 95 heavy (non-hydrogen) atoms. The number of nitrogens with one attached hydrogen (secondary N) is 1. The molecule has 0 aliphatic heterocycles. The van der Waals surface area contributed by atoms with Gasteiger partial charge in [0, 0.05) is 71.9 Å². The number of phosphoric acid groups is 1. The Morgan fingerprint density at radius 2 is 1.53 bits per heavy atom. The summed E-state index contributed by atoms with van der Waals surface area (Å²) in [7, 11) is -10.3. The maximum atomic E-state index is 15.8. The minimum atomic E-state index is -5.25. The number of carbonyl (C=O) groups excluding carboxylic acids is 2. The Morgan fingerprint density at radius 3 is 2.08 bits per heavy atom. The number of phosphoric ester groups is 1. The topological polar surface area (TPSA) is 250 Å². The van der Waals surface area contributed by atoms with Gasteiger partial charge in [0.1, 0.15) is 46.6 Å². The van der Waals surface area contributed by atoms with Crippen LogP contribution >= 0.6 is 27.0 Å². The maximum Gasteiger partial charge on any atom is 0.530 e. The normalized spacial score (nSPS) is 16.6. The van der Waals surface area contributed by atoms with Crippen molar-refractivity contribution in [1.29, 1.82) is 0 Å². The van der Waals surface area contributed by atoms with Gasteiger partial charge in [-0.2, -0.15) is 45.3 Å². The molecular weight excluding hydrogens is 1380 g/mol. The highest BCUT2D eigenvalue weighted by Gasteiger charge is 2.68. The predicted octanol–water partition coefficient (Wildman–Crippen LogP) is 13.8. The number of halogens is 11. The lowest BCUT2D eigenvalue weighted by Crippen LogP contribution is -2.37. The van der Waals surface area contributed by atoms with Crippen molar-refractivity contribution in [3.8, 4) is 28.7 Å². The van der Waals surface area contributed by atoms with Crippen molar-refractivity contribution in [3.05, 3.63) is 128 Å². The summed E-state index contributed by atoms with van der Waals surface area (Å²) >= 11 is 3.53. The Balaban J connectivity index is 1.30. The predicted molar refractivity (Wildman–Crippen MR) is 329 cm³/mol. The third-order valence-corrected chi connectivity index (χ3v) is 22.2. The summed E-state index contributed by atoms with van der Waals surface area (Å²) in [4.78, 5) is 33.9. The fourth-order valence-corrected chi connectivity index (χ4v) is 14.9. The van der Waals surface area contributed by atoms with Gasteiger partial charge in [-0.15, -0.1) is 0 Å². The first-order valence-corrected chi connectivity index (χ1v) is 35.4. The van der Waals surface area contributed by atoms with Crippen LogP contribution in [0.5, 0.6) is 5.75 Å². The number of sulfone groups is 1. The summed E-state index contributed by atoms with van der Waals surface area (Å²) in [5.74, 6) is -6.53. The van der Waals surface area contributed by atoms with E-state index in [0.717, 1.165) is 44.7 Å². The highest BCUT2D eigenvalue weighted by Crippen LogP contribution is 2.68. The quantitative estimate of drug-likeness (QED) is 0.0234. The van der Waals surface area contributed by atoms with Crippen LogP contribution in [0.1, 0.15) is 136 Å². The molecule has 2 N–H and O–H groups in total. The SMILES string of the molecule is COP(=O)(Cc1cc(C)cc(OP(=O)(OC(C)C)OC(C)C)c1C(C)(C)CC(=O)N(Cc1nn(CC(F)(F)F)c2c(-c3ccc(C#CC(C)(C)S(C)(=O)=O)nc3[C@H](Cc3cc(F)cc(F)c3)NC(=O)Cn3nc(C(F)(F)F)c4c3C(F)(F)[C@@H]3C[C@H]43)ccc(Cl)c12)S(=O)O)OC. The molecule has 2 amide bonds. The van der Waals surface area contributed by atoms with Crippen LogP contribution in [-0.4, -0.2) is 101 Å². The summed E-state index contributed by atoms with van der Waals surface area (Å²) in [5, 5.41) is 9.32. The van der Waals surface area contributed by atoms with Gasteiger partial charge in [0.05, 0.1) is 52.9 Å². The average Bonchev–Trinajstić information content (AvgIpc) is 1.52. The Kier molecular flexibility index (Phi) is 21.4.